The van der Waals surface area contributed by atoms with E-state index in [0.29, 0.717) is 5.92 Å². The zero-order valence-electron chi connectivity index (χ0n) is 13.2. The maximum absolute atomic E-state index is 4.84. The molecule has 1 atom stereocenters. The molecule has 0 saturated carbocycles. The molecule has 0 amide bonds. The number of aryl methyl sites for hydroxylation is 1. The lowest BCUT2D eigenvalue weighted by Crippen LogP contribution is -2.40. The highest BCUT2D eigenvalue weighted by Gasteiger charge is 2.23. The fourth-order valence-electron chi connectivity index (χ4n) is 3.32. The third-order valence-corrected chi connectivity index (χ3v) is 5.68. The molecule has 1 aliphatic heterocycles. The zero-order chi connectivity index (χ0) is 15.5. The first-order chi connectivity index (χ1) is 11.4. The van der Waals surface area contributed by atoms with Crippen LogP contribution in [-0.4, -0.2) is 24.0 Å². The van der Waals surface area contributed by atoms with Gasteiger partial charge < -0.3 is 10.6 Å². The van der Waals surface area contributed by atoms with Crippen LogP contribution in [0.25, 0.3) is 0 Å². The molecule has 1 aromatic heterocycles. The van der Waals surface area contributed by atoms with E-state index in [9.17, 15) is 0 Å². The van der Waals surface area contributed by atoms with Crippen LogP contribution in [0, 0.1) is 0 Å². The molecule has 4 nitrogen and oxygen atoms in total. The van der Waals surface area contributed by atoms with Crippen LogP contribution < -0.4 is 10.6 Å². The van der Waals surface area contributed by atoms with E-state index in [1.54, 1.807) is 0 Å². The second-order valence-corrected chi connectivity index (χ2v) is 7.36. The molecule has 1 aromatic carbocycles. The molecule has 2 N–H and O–H groups in total. The number of nitrogens with zero attached hydrogens (tertiary/aromatic N) is 2. The Morgan fingerprint density at radius 3 is 3.00 bits per heavy atom. The molecule has 1 aliphatic carbocycles. The van der Waals surface area contributed by atoms with Gasteiger partial charge in [-0.3, -0.25) is 4.99 Å². The number of fused-ring (bicyclic) bond motifs is 1. The standard InChI is InChI=1S/C18H22N4S/c1-2-5-13(6-3-1)14-7-8-15-16(11-14)23-17(22-15)12-21-18-19-9-4-10-20-18/h1-3,5-6,14H,4,7-12H2,(H2,19,20,21). The maximum Gasteiger partial charge on any atom is 0.191 e. The summed E-state index contributed by atoms with van der Waals surface area (Å²) in [6, 6.07) is 10.9. The number of hydrogen-bond donors (Lipinski definition) is 2. The maximum atomic E-state index is 4.84. The average Bonchev–Trinajstić information content (AvgIpc) is 3.04. The van der Waals surface area contributed by atoms with Gasteiger partial charge in [-0.1, -0.05) is 30.3 Å². The van der Waals surface area contributed by atoms with Crippen molar-refractivity contribution in [1.29, 1.82) is 0 Å². The normalized spacial score (nSPS) is 20.3. The van der Waals surface area contributed by atoms with Crippen molar-refractivity contribution >= 4 is 17.3 Å². The lowest BCUT2D eigenvalue weighted by molar-refractivity contribution is 0.583. The number of hydrogen-bond acceptors (Lipinski definition) is 5. The summed E-state index contributed by atoms with van der Waals surface area (Å²) in [5.74, 6) is 1.57. The van der Waals surface area contributed by atoms with E-state index in [0.717, 1.165) is 44.9 Å². The molecule has 0 bridgehead atoms. The van der Waals surface area contributed by atoms with Crippen molar-refractivity contribution < 1.29 is 0 Å². The van der Waals surface area contributed by atoms with E-state index < -0.39 is 0 Å². The predicted molar refractivity (Wildman–Crippen MR) is 95.1 cm³/mol. The van der Waals surface area contributed by atoms with Gasteiger partial charge in [-0.2, -0.15) is 0 Å². The second kappa shape index (κ2) is 6.71. The molecule has 5 heteroatoms. The van der Waals surface area contributed by atoms with E-state index in [4.69, 9.17) is 4.98 Å². The Morgan fingerprint density at radius 1 is 1.26 bits per heavy atom. The molecule has 0 fully saturated rings. The minimum Gasteiger partial charge on any atom is -0.356 e. The van der Waals surface area contributed by atoms with Crippen LogP contribution in [0.4, 0.5) is 0 Å². The number of rotatable bonds is 3. The molecule has 0 radical (unpaired) electrons. The van der Waals surface area contributed by atoms with Crippen LogP contribution >= 0.6 is 11.3 Å². The minimum absolute atomic E-state index is 0.648. The van der Waals surface area contributed by atoms with Gasteiger partial charge in [0.25, 0.3) is 0 Å². The summed E-state index contributed by atoms with van der Waals surface area (Å²) >= 11 is 1.87. The third kappa shape index (κ3) is 3.39. The molecule has 120 valence electrons. The summed E-state index contributed by atoms with van der Waals surface area (Å²) < 4.78 is 0. The van der Waals surface area contributed by atoms with Gasteiger partial charge in [-0.05, 0) is 37.2 Å². The molecule has 23 heavy (non-hydrogen) atoms. The number of nitrogens with one attached hydrogen (secondary N) is 2. The summed E-state index contributed by atoms with van der Waals surface area (Å²) in [4.78, 5) is 10.8. The van der Waals surface area contributed by atoms with Crippen molar-refractivity contribution in [2.75, 3.05) is 13.1 Å². The molecule has 1 unspecified atom stereocenters. The molecule has 2 heterocycles. The Bertz CT molecular complexity index is 692. The first-order valence-corrected chi connectivity index (χ1v) is 9.25. The molecule has 0 spiro atoms. The summed E-state index contributed by atoms with van der Waals surface area (Å²) in [5.41, 5.74) is 2.78. The quantitative estimate of drug-likeness (QED) is 0.912. The van der Waals surface area contributed by atoms with Crippen molar-refractivity contribution in [3.8, 4) is 0 Å². The molecule has 2 aliphatic rings. The molecular weight excluding hydrogens is 304 g/mol. The lowest BCUT2D eigenvalue weighted by Gasteiger charge is -2.21. The van der Waals surface area contributed by atoms with Crippen LogP contribution in [0.5, 0.6) is 0 Å². The average molecular weight is 326 g/mol. The highest BCUT2D eigenvalue weighted by atomic mass is 32.1. The Labute approximate surface area is 141 Å². The van der Waals surface area contributed by atoms with Gasteiger partial charge in [-0.15, -0.1) is 11.3 Å². The highest BCUT2D eigenvalue weighted by molar-refractivity contribution is 7.11. The van der Waals surface area contributed by atoms with Gasteiger partial charge in [0, 0.05) is 18.0 Å². The van der Waals surface area contributed by atoms with Gasteiger partial charge in [0.2, 0.25) is 0 Å². The second-order valence-electron chi connectivity index (χ2n) is 6.19. The van der Waals surface area contributed by atoms with Crippen LogP contribution in [0.15, 0.2) is 35.3 Å². The molecule has 2 aromatic rings. The number of aromatic nitrogens is 1. The largest absolute Gasteiger partial charge is 0.356 e. The van der Waals surface area contributed by atoms with Gasteiger partial charge >= 0.3 is 0 Å². The van der Waals surface area contributed by atoms with Crippen molar-refractivity contribution in [3.63, 3.8) is 0 Å². The SMILES string of the molecule is c1ccc(C2CCc3nc(CNC4=NCCCN4)sc3C2)cc1. The summed E-state index contributed by atoms with van der Waals surface area (Å²) in [5, 5.41) is 7.85. The summed E-state index contributed by atoms with van der Waals surface area (Å²) in [7, 11) is 0. The number of benzene rings is 1. The van der Waals surface area contributed by atoms with Crippen molar-refractivity contribution in [3.05, 3.63) is 51.5 Å². The topological polar surface area (TPSA) is 49.3 Å². The van der Waals surface area contributed by atoms with Gasteiger partial charge in [0.05, 0.1) is 12.2 Å². The smallest absolute Gasteiger partial charge is 0.191 e. The van der Waals surface area contributed by atoms with Gasteiger partial charge in [0.1, 0.15) is 5.01 Å². The van der Waals surface area contributed by atoms with Crippen LogP contribution in [0.3, 0.4) is 0 Å². The first kappa shape index (κ1) is 14.7. The number of guanidine groups is 1. The first-order valence-electron chi connectivity index (χ1n) is 8.43. The van der Waals surface area contributed by atoms with Crippen LogP contribution in [-0.2, 0) is 19.4 Å². The summed E-state index contributed by atoms with van der Waals surface area (Å²) in [6.45, 7) is 2.71. The third-order valence-electron chi connectivity index (χ3n) is 4.56. The number of thiazole rings is 1. The van der Waals surface area contributed by atoms with E-state index in [1.807, 2.05) is 11.3 Å². The molecule has 0 saturated heterocycles. The Hall–Kier alpha value is -1.88. The fourth-order valence-corrected chi connectivity index (χ4v) is 4.46. The Balaban J connectivity index is 1.42. The molecular formula is C18H22N4S. The van der Waals surface area contributed by atoms with E-state index in [1.165, 1.54) is 27.6 Å². The number of aliphatic imine (C=N–C) groups is 1. The van der Waals surface area contributed by atoms with E-state index >= 15 is 0 Å². The van der Waals surface area contributed by atoms with Crippen molar-refractivity contribution in [1.82, 2.24) is 15.6 Å². The van der Waals surface area contributed by atoms with Crippen molar-refractivity contribution in [2.45, 2.75) is 38.1 Å². The zero-order valence-corrected chi connectivity index (χ0v) is 14.0. The van der Waals surface area contributed by atoms with E-state index in [2.05, 4.69) is 46.0 Å². The predicted octanol–water partition coefficient (Wildman–Crippen LogP) is 2.85. The Kier molecular flexibility index (Phi) is 4.28. The van der Waals surface area contributed by atoms with Gasteiger partial charge in [-0.25, -0.2) is 4.98 Å². The lowest BCUT2D eigenvalue weighted by atomic mass is 9.85. The van der Waals surface area contributed by atoms with Gasteiger partial charge in [0.15, 0.2) is 5.96 Å². The molecule has 4 rings (SSSR count). The highest BCUT2D eigenvalue weighted by Crippen LogP contribution is 2.35. The Morgan fingerprint density at radius 2 is 2.17 bits per heavy atom. The fraction of sp³-hybridized carbons (Fsp3) is 0.444. The van der Waals surface area contributed by atoms with Crippen molar-refractivity contribution in [2.24, 2.45) is 4.99 Å². The monoisotopic (exact) mass is 326 g/mol. The van der Waals surface area contributed by atoms with Crippen LogP contribution in [0.1, 0.15) is 39.9 Å². The van der Waals surface area contributed by atoms with E-state index in [-0.39, 0.29) is 0 Å². The summed E-state index contributed by atoms with van der Waals surface area (Å²) in [6.07, 6.45) is 4.57. The van der Waals surface area contributed by atoms with Crippen LogP contribution in [0.2, 0.25) is 0 Å². The minimum atomic E-state index is 0.648.